The molecule has 0 radical (unpaired) electrons. The van der Waals surface area contributed by atoms with Gasteiger partial charge in [0, 0.05) is 19.5 Å². The van der Waals surface area contributed by atoms with Crippen molar-refractivity contribution < 1.29 is 33.8 Å². The van der Waals surface area contributed by atoms with Crippen LogP contribution in [-0.4, -0.2) is 49.7 Å². The molecule has 0 fully saturated rings. The van der Waals surface area contributed by atoms with E-state index in [4.69, 9.17) is 9.47 Å². The van der Waals surface area contributed by atoms with Crippen molar-refractivity contribution in [1.82, 2.24) is 16.0 Å². The summed E-state index contributed by atoms with van der Waals surface area (Å²) in [5.41, 5.74) is 1.50. The van der Waals surface area contributed by atoms with Crippen LogP contribution >= 0.6 is 11.3 Å². The molecule has 0 spiro atoms. The lowest BCUT2D eigenvalue weighted by Crippen LogP contribution is -2.33. The maximum absolute atomic E-state index is 12.5. The Labute approximate surface area is 229 Å². The summed E-state index contributed by atoms with van der Waals surface area (Å²) in [7, 11) is 2.95. The van der Waals surface area contributed by atoms with E-state index in [0.717, 1.165) is 16.9 Å². The Balaban J connectivity index is 1.47. The van der Waals surface area contributed by atoms with Crippen LogP contribution in [0.5, 0.6) is 11.5 Å². The van der Waals surface area contributed by atoms with Gasteiger partial charge in [-0.1, -0.05) is 36.4 Å². The second-order valence-corrected chi connectivity index (χ2v) is 9.38. The number of thiophene rings is 1. The largest absolute Gasteiger partial charge is 0.493 e. The third-order valence-corrected chi connectivity index (χ3v) is 6.52. The number of hydrogen-bond donors (Lipinski definition) is 5. The highest BCUT2D eigenvalue weighted by atomic mass is 32.1. The second-order valence-electron chi connectivity index (χ2n) is 8.30. The predicted molar refractivity (Wildman–Crippen MR) is 146 cm³/mol. The van der Waals surface area contributed by atoms with Gasteiger partial charge >= 0.3 is 12.0 Å². The minimum atomic E-state index is -1.08. The quantitative estimate of drug-likeness (QED) is 0.216. The lowest BCUT2D eigenvalue weighted by molar-refractivity contribution is -0.137. The SMILES string of the molecule is COc1ccc(C(CC(=O)O)NC(=O)CCNC(=O)c2ccc(NC(=O)NCc3ccccc3)s2)cc1OC. The smallest absolute Gasteiger partial charge is 0.320 e. The van der Waals surface area contributed by atoms with Gasteiger partial charge in [-0.2, -0.15) is 0 Å². The Kier molecular flexibility index (Phi) is 10.7. The number of ether oxygens (including phenoxy) is 2. The average Bonchev–Trinajstić information content (AvgIpc) is 3.40. The van der Waals surface area contributed by atoms with Gasteiger partial charge in [0.15, 0.2) is 11.5 Å². The molecule has 0 aliphatic carbocycles. The molecule has 0 aliphatic rings. The first kappa shape index (κ1) is 29.0. The number of carboxylic acids is 1. The van der Waals surface area contributed by atoms with Gasteiger partial charge in [-0.05, 0) is 35.4 Å². The summed E-state index contributed by atoms with van der Waals surface area (Å²) >= 11 is 1.10. The van der Waals surface area contributed by atoms with Gasteiger partial charge in [-0.15, -0.1) is 11.3 Å². The average molecular weight is 555 g/mol. The number of carbonyl (C=O) groups is 4. The Morgan fingerprint density at radius 3 is 2.36 bits per heavy atom. The topological polar surface area (TPSA) is 155 Å². The zero-order chi connectivity index (χ0) is 28.2. The molecule has 206 valence electrons. The molecule has 1 unspecified atom stereocenters. The summed E-state index contributed by atoms with van der Waals surface area (Å²) in [6.45, 7) is 0.404. The number of urea groups is 1. The Morgan fingerprint density at radius 1 is 0.923 bits per heavy atom. The molecule has 2 aromatic carbocycles. The van der Waals surface area contributed by atoms with Gasteiger partial charge in [-0.25, -0.2) is 4.79 Å². The van der Waals surface area contributed by atoms with Gasteiger partial charge in [0.2, 0.25) is 5.91 Å². The zero-order valence-electron chi connectivity index (χ0n) is 21.5. The third kappa shape index (κ3) is 9.04. The highest BCUT2D eigenvalue weighted by Gasteiger charge is 2.20. The summed E-state index contributed by atoms with van der Waals surface area (Å²) in [5.74, 6) is -1.03. The number of amides is 4. The van der Waals surface area contributed by atoms with Crippen molar-refractivity contribution in [2.24, 2.45) is 0 Å². The molecular weight excluding hydrogens is 524 g/mol. The highest BCUT2D eigenvalue weighted by molar-refractivity contribution is 7.18. The van der Waals surface area contributed by atoms with E-state index in [-0.39, 0.29) is 19.4 Å². The normalized spacial score (nSPS) is 11.1. The molecule has 0 bridgehead atoms. The molecule has 1 atom stereocenters. The van der Waals surface area contributed by atoms with Crippen LogP contribution in [0, 0.1) is 0 Å². The van der Waals surface area contributed by atoms with Gasteiger partial charge in [0.25, 0.3) is 5.91 Å². The molecule has 0 saturated heterocycles. The van der Waals surface area contributed by atoms with Gasteiger partial charge in [0.1, 0.15) is 0 Å². The molecule has 4 amide bonds. The fourth-order valence-corrected chi connectivity index (χ4v) is 4.42. The van der Waals surface area contributed by atoms with E-state index in [9.17, 15) is 24.3 Å². The lowest BCUT2D eigenvalue weighted by Gasteiger charge is -2.19. The van der Waals surface area contributed by atoms with E-state index in [1.807, 2.05) is 30.3 Å². The monoisotopic (exact) mass is 554 g/mol. The van der Waals surface area contributed by atoms with Gasteiger partial charge in [0.05, 0.1) is 36.6 Å². The van der Waals surface area contributed by atoms with Crippen LogP contribution in [0.25, 0.3) is 0 Å². The standard InChI is InChI=1S/C27H30N4O7S/c1-37-20-9-8-18(14-21(20)38-2)19(15-25(33)34)30-23(32)12-13-28-26(35)22-10-11-24(39-22)31-27(36)29-16-17-6-4-3-5-7-17/h3-11,14,19H,12-13,15-16H2,1-2H3,(H,28,35)(H,30,32)(H,33,34)(H2,29,31,36). The van der Waals surface area contributed by atoms with Crippen molar-refractivity contribution in [3.05, 3.63) is 76.7 Å². The van der Waals surface area contributed by atoms with E-state index in [1.54, 1.807) is 30.3 Å². The van der Waals surface area contributed by atoms with Crippen molar-refractivity contribution in [1.29, 1.82) is 0 Å². The van der Waals surface area contributed by atoms with Crippen LogP contribution in [0.4, 0.5) is 9.80 Å². The van der Waals surface area contributed by atoms with E-state index in [2.05, 4.69) is 21.3 Å². The number of hydrogen-bond acceptors (Lipinski definition) is 7. The molecule has 0 aliphatic heterocycles. The van der Waals surface area contributed by atoms with Crippen LogP contribution in [0.1, 0.15) is 39.7 Å². The van der Waals surface area contributed by atoms with Gasteiger partial charge in [-0.3, -0.25) is 19.7 Å². The van der Waals surface area contributed by atoms with Crippen LogP contribution in [0.2, 0.25) is 0 Å². The fourth-order valence-electron chi connectivity index (χ4n) is 3.60. The van der Waals surface area contributed by atoms with Crippen molar-refractivity contribution in [3.63, 3.8) is 0 Å². The highest BCUT2D eigenvalue weighted by Crippen LogP contribution is 2.31. The minimum Gasteiger partial charge on any atom is -0.493 e. The Bertz CT molecular complexity index is 1300. The first-order valence-corrected chi connectivity index (χ1v) is 12.8. The predicted octanol–water partition coefficient (Wildman–Crippen LogP) is 3.54. The lowest BCUT2D eigenvalue weighted by atomic mass is 10.0. The summed E-state index contributed by atoms with van der Waals surface area (Å²) in [6, 6.07) is 16.4. The molecular formula is C27H30N4O7S. The molecule has 0 saturated carbocycles. The molecule has 1 heterocycles. The molecule has 1 aromatic heterocycles. The summed E-state index contributed by atoms with van der Waals surface area (Å²) < 4.78 is 10.5. The van der Waals surface area contributed by atoms with E-state index in [1.165, 1.54) is 14.2 Å². The molecule has 39 heavy (non-hydrogen) atoms. The molecule has 12 heteroatoms. The summed E-state index contributed by atoms with van der Waals surface area (Å²) in [4.78, 5) is 48.9. The first-order chi connectivity index (χ1) is 18.8. The third-order valence-electron chi connectivity index (χ3n) is 5.52. The van der Waals surface area contributed by atoms with E-state index >= 15 is 0 Å². The maximum Gasteiger partial charge on any atom is 0.320 e. The first-order valence-electron chi connectivity index (χ1n) is 12.0. The van der Waals surface area contributed by atoms with Crippen LogP contribution in [0.15, 0.2) is 60.7 Å². The summed E-state index contributed by atoms with van der Waals surface area (Å²) in [6.07, 6.45) is -0.398. The zero-order valence-corrected chi connectivity index (χ0v) is 22.3. The number of methoxy groups -OCH3 is 2. The number of benzene rings is 2. The molecule has 5 N–H and O–H groups in total. The second kappa shape index (κ2) is 14.4. The molecule has 11 nitrogen and oxygen atoms in total. The maximum atomic E-state index is 12.5. The van der Waals surface area contributed by atoms with E-state index in [0.29, 0.717) is 33.5 Å². The van der Waals surface area contributed by atoms with Crippen molar-refractivity contribution in [2.45, 2.75) is 25.4 Å². The number of carboxylic acid groups (broad SMARTS) is 1. The minimum absolute atomic E-state index is 0.0363. The number of carbonyl (C=O) groups excluding carboxylic acids is 3. The number of aliphatic carboxylic acids is 1. The number of nitrogens with one attached hydrogen (secondary N) is 4. The number of anilines is 1. The van der Waals surface area contributed by atoms with E-state index < -0.39 is 29.9 Å². The number of rotatable bonds is 13. The van der Waals surface area contributed by atoms with Crippen LogP contribution in [-0.2, 0) is 16.1 Å². The van der Waals surface area contributed by atoms with Crippen LogP contribution < -0.4 is 30.7 Å². The molecule has 3 aromatic rings. The fraction of sp³-hybridized carbons (Fsp3) is 0.259. The Morgan fingerprint density at radius 2 is 1.67 bits per heavy atom. The summed E-state index contributed by atoms with van der Waals surface area (Å²) in [5, 5.41) is 20.6. The Hall–Kier alpha value is -4.58. The van der Waals surface area contributed by atoms with Crippen molar-refractivity contribution in [2.75, 3.05) is 26.1 Å². The van der Waals surface area contributed by atoms with Crippen molar-refractivity contribution >= 4 is 40.2 Å². The van der Waals surface area contributed by atoms with Crippen LogP contribution in [0.3, 0.4) is 0 Å². The molecule has 3 rings (SSSR count). The van der Waals surface area contributed by atoms with Gasteiger partial charge < -0.3 is 30.5 Å². The van der Waals surface area contributed by atoms with Crippen molar-refractivity contribution in [3.8, 4) is 11.5 Å².